The largest absolute Gasteiger partial charge is 0.490 e. The van der Waals surface area contributed by atoms with Crippen LogP contribution in [0.1, 0.15) is 11.1 Å². The van der Waals surface area contributed by atoms with Gasteiger partial charge in [-0.2, -0.15) is 0 Å². The summed E-state index contributed by atoms with van der Waals surface area (Å²) in [5, 5.41) is 0. The molecule has 0 radical (unpaired) electrons. The zero-order valence-corrected chi connectivity index (χ0v) is 6.36. The van der Waals surface area contributed by atoms with E-state index in [1.165, 1.54) is 0 Å². The van der Waals surface area contributed by atoms with Crippen LogP contribution in [0, 0.1) is 12.7 Å². The molecule has 0 saturated carbocycles. The van der Waals surface area contributed by atoms with E-state index in [1.54, 1.807) is 13.0 Å². The van der Waals surface area contributed by atoms with Gasteiger partial charge in [0.05, 0.1) is 6.61 Å². The average molecular weight is 152 g/mol. The van der Waals surface area contributed by atoms with Gasteiger partial charge in [-0.3, -0.25) is 0 Å². The van der Waals surface area contributed by atoms with Crippen molar-refractivity contribution in [2.45, 2.75) is 13.3 Å². The normalized spacial score (nSPS) is 14.4. The summed E-state index contributed by atoms with van der Waals surface area (Å²) in [6.07, 6.45) is 0.840. The summed E-state index contributed by atoms with van der Waals surface area (Å²) in [5.74, 6) is 0.269. The van der Waals surface area contributed by atoms with Crippen LogP contribution in [-0.4, -0.2) is 6.61 Å². The van der Waals surface area contributed by atoms with Crippen molar-refractivity contribution in [3.8, 4) is 5.75 Å². The Kier molecular flexibility index (Phi) is 1.34. The summed E-state index contributed by atoms with van der Waals surface area (Å²) in [5.41, 5.74) is 1.65. The van der Waals surface area contributed by atoms with Crippen LogP contribution in [0.4, 0.5) is 4.39 Å². The van der Waals surface area contributed by atoms with Crippen LogP contribution >= 0.6 is 0 Å². The molecule has 58 valence electrons. The molecular formula is C9H9FO. The maximum Gasteiger partial charge on any atom is 0.168 e. The van der Waals surface area contributed by atoms with Gasteiger partial charge in [-0.05, 0) is 12.5 Å². The van der Waals surface area contributed by atoms with Crippen molar-refractivity contribution in [2.24, 2.45) is 0 Å². The lowest BCUT2D eigenvalue weighted by molar-refractivity contribution is 0.338. The Balaban J connectivity index is 2.62. The second-order valence-electron chi connectivity index (χ2n) is 2.78. The van der Waals surface area contributed by atoms with Crippen LogP contribution in [0.3, 0.4) is 0 Å². The molecule has 0 aliphatic carbocycles. The molecule has 1 heterocycles. The molecule has 0 spiro atoms. The molecule has 1 aliphatic rings. The van der Waals surface area contributed by atoms with Gasteiger partial charge in [0.15, 0.2) is 11.6 Å². The third kappa shape index (κ3) is 0.897. The Labute approximate surface area is 64.8 Å². The van der Waals surface area contributed by atoms with Crippen LogP contribution in [0.5, 0.6) is 5.75 Å². The fraction of sp³-hybridized carbons (Fsp3) is 0.333. The van der Waals surface area contributed by atoms with Crippen LogP contribution in [0.25, 0.3) is 0 Å². The van der Waals surface area contributed by atoms with Gasteiger partial charge in [-0.25, -0.2) is 4.39 Å². The maximum absolute atomic E-state index is 13.2. The Morgan fingerprint density at radius 1 is 1.45 bits per heavy atom. The van der Waals surface area contributed by atoms with E-state index in [4.69, 9.17) is 4.74 Å². The molecule has 2 rings (SSSR count). The Morgan fingerprint density at radius 2 is 2.27 bits per heavy atom. The number of fused-ring (bicyclic) bond motifs is 1. The monoisotopic (exact) mass is 152 g/mol. The van der Waals surface area contributed by atoms with Crippen molar-refractivity contribution >= 4 is 0 Å². The van der Waals surface area contributed by atoms with Crippen molar-refractivity contribution in [1.29, 1.82) is 0 Å². The maximum atomic E-state index is 13.2. The summed E-state index contributed by atoms with van der Waals surface area (Å²) in [7, 11) is 0. The van der Waals surface area contributed by atoms with Crippen LogP contribution < -0.4 is 4.74 Å². The van der Waals surface area contributed by atoms with Crippen LogP contribution in [-0.2, 0) is 6.42 Å². The van der Waals surface area contributed by atoms with Gasteiger partial charge < -0.3 is 4.74 Å². The van der Waals surface area contributed by atoms with Gasteiger partial charge in [0, 0.05) is 12.0 Å². The Morgan fingerprint density at radius 3 is 3.09 bits per heavy atom. The standard InChI is InChI=1S/C9H9FO/c1-6-2-3-7-4-5-11-9(7)8(6)10/h2-3H,4-5H2,1H3. The summed E-state index contributed by atoms with van der Waals surface area (Å²) in [6.45, 7) is 2.37. The molecule has 0 N–H and O–H groups in total. The first-order valence-corrected chi connectivity index (χ1v) is 3.70. The predicted molar refractivity (Wildman–Crippen MR) is 40.3 cm³/mol. The number of ether oxygens (including phenoxy) is 1. The fourth-order valence-electron chi connectivity index (χ4n) is 1.31. The summed E-state index contributed by atoms with van der Waals surface area (Å²) in [6, 6.07) is 3.73. The molecule has 0 aromatic heterocycles. The molecular weight excluding hydrogens is 143 g/mol. The molecule has 0 fully saturated rings. The molecule has 0 amide bonds. The van der Waals surface area contributed by atoms with Gasteiger partial charge in [0.1, 0.15) is 0 Å². The molecule has 1 aliphatic heterocycles. The van der Waals surface area contributed by atoms with E-state index >= 15 is 0 Å². The van der Waals surface area contributed by atoms with Crippen molar-refractivity contribution in [3.05, 3.63) is 29.1 Å². The number of hydrogen-bond donors (Lipinski definition) is 0. The van der Waals surface area contributed by atoms with E-state index < -0.39 is 0 Å². The minimum absolute atomic E-state index is 0.194. The average Bonchev–Trinajstić information content (AvgIpc) is 2.45. The highest BCUT2D eigenvalue weighted by molar-refractivity contribution is 5.41. The summed E-state index contributed by atoms with van der Waals surface area (Å²) >= 11 is 0. The van der Waals surface area contributed by atoms with E-state index in [0.717, 1.165) is 12.0 Å². The predicted octanol–water partition coefficient (Wildman–Crippen LogP) is 2.07. The molecule has 1 aromatic rings. The molecule has 2 heteroatoms. The molecule has 0 saturated heterocycles. The SMILES string of the molecule is Cc1ccc2c(c1F)OCC2. The number of aryl methyl sites for hydroxylation is 1. The summed E-state index contributed by atoms with van der Waals surface area (Å²) in [4.78, 5) is 0. The Hall–Kier alpha value is -1.05. The van der Waals surface area contributed by atoms with E-state index in [1.807, 2.05) is 6.07 Å². The highest BCUT2D eigenvalue weighted by atomic mass is 19.1. The van der Waals surface area contributed by atoms with Crippen molar-refractivity contribution in [2.75, 3.05) is 6.61 Å². The van der Waals surface area contributed by atoms with Gasteiger partial charge in [-0.1, -0.05) is 12.1 Å². The number of hydrogen-bond acceptors (Lipinski definition) is 1. The van der Waals surface area contributed by atoms with Gasteiger partial charge in [0.2, 0.25) is 0 Å². The summed E-state index contributed by atoms with van der Waals surface area (Å²) < 4.78 is 18.3. The highest BCUT2D eigenvalue weighted by Crippen LogP contribution is 2.29. The molecule has 11 heavy (non-hydrogen) atoms. The zero-order chi connectivity index (χ0) is 7.84. The first kappa shape index (κ1) is 6.65. The van der Waals surface area contributed by atoms with Gasteiger partial charge in [-0.15, -0.1) is 0 Å². The molecule has 1 aromatic carbocycles. The second-order valence-corrected chi connectivity index (χ2v) is 2.78. The van der Waals surface area contributed by atoms with Gasteiger partial charge in [0.25, 0.3) is 0 Å². The zero-order valence-electron chi connectivity index (χ0n) is 6.36. The lowest BCUT2D eigenvalue weighted by Gasteiger charge is -2.01. The van der Waals surface area contributed by atoms with Crippen molar-refractivity contribution in [1.82, 2.24) is 0 Å². The van der Waals surface area contributed by atoms with Crippen molar-refractivity contribution < 1.29 is 9.13 Å². The quantitative estimate of drug-likeness (QED) is 0.553. The van der Waals surface area contributed by atoms with E-state index in [0.29, 0.717) is 17.9 Å². The first-order valence-electron chi connectivity index (χ1n) is 3.70. The third-order valence-corrected chi connectivity index (χ3v) is 1.99. The highest BCUT2D eigenvalue weighted by Gasteiger charge is 2.17. The lowest BCUT2D eigenvalue weighted by Crippen LogP contribution is -1.90. The van der Waals surface area contributed by atoms with Gasteiger partial charge >= 0.3 is 0 Å². The molecule has 1 nitrogen and oxygen atoms in total. The second kappa shape index (κ2) is 2.22. The topological polar surface area (TPSA) is 9.23 Å². The Bertz CT molecular complexity index is 294. The number of rotatable bonds is 0. The number of halogens is 1. The smallest absolute Gasteiger partial charge is 0.168 e. The molecule has 0 unspecified atom stereocenters. The van der Waals surface area contributed by atoms with Crippen molar-refractivity contribution in [3.63, 3.8) is 0 Å². The lowest BCUT2D eigenvalue weighted by atomic mass is 10.1. The van der Waals surface area contributed by atoms with E-state index in [-0.39, 0.29) is 5.82 Å². The van der Waals surface area contributed by atoms with E-state index in [2.05, 4.69) is 0 Å². The van der Waals surface area contributed by atoms with Crippen LogP contribution in [0.15, 0.2) is 12.1 Å². The molecule has 0 atom stereocenters. The minimum atomic E-state index is -0.194. The first-order chi connectivity index (χ1) is 5.29. The fourth-order valence-corrected chi connectivity index (χ4v) is 1.31. The van der Waals surface area contributed by atoms with Crippen LogP contribution in [0.2, 0.25) is 0 Å². The third-order valence-electron chi connectivity index (χ3n) is 1.99. The van der Waals surface area contributed by atoms with E-state index in [9.17, 15) is 4.39 Å². The minimum Gasteiger partial charge on any atom is -0.490 e. The molecule has 0 bridgehead atoms. The number of benzene rings is 1.